The quantitative estimate of drug-likeness (QED) is 0.242. The molecule has 4 N–H and O–H groups in total. The van der Waals surface area contributed by atoms with Crippen molar-refractivity contribution >= 4 is 46.5 Å². The first-order valence-corrected chi connectivity index (χ1v) is 13.1. The standard InChI is InChI=1S/C25H24F2N8O3S/c26-25(27)11-19(23(37)38)34(13-25)12-21(36)28-15-5-7-16(8-6-15)39-24-30-22(18-2-1-9-35(18)33-24)29-20-10-17(31-32-20)14-3-4-14/h1-2,5-10,14,19H,3-4,11-13H2,(H,28,36)(H,37,38)(H2,29,30,31,32,33)/t19-/m0/s1. The van der Waals surface area contributed by atoms with Crippen LogP contribution in [0.2, 0.25) is 0 Å². The van der Waals surface area contributed by atoms with Crippen LogP contribution in [0, 0.1) is 0 Å². The van der Waals surface area contributed by atoms with Crippen molar-refractivity contribution in [1.82, 2.24) is 29.7 Å². The zero-order valence-corrected chi connectivity index (χ0v) is 21.3. The lowest BCUT2D eigenvalue weighted by atomic mass is 10.2. The minimum Gasteiger partial charge on any atom is -0.480 e. The Kier molecular flexibility index (Phi) is 6.43. The van der Waals surface area contributed by atoms with Gasteiger partial charge in [0.05, 0.1) is 13.1 Å². The van der Waals surface area contributed by atoms with Gasteiger partial charge in [0.2, 0.25) is 11.1 Å². The summed E-state index contributed by atoms with van der Waals surface area (Å²) in [7, 11) is 0. The molecule has 2 aliphatic rings. The zero-order chi connectivity index (χ0) is 27.1. The molecule has 1 aliphatic carbocycles. The molecule has 1 aromatic carbocycles. The summed E-state index contributed by atoms with van der Waals surface area (Å²) in [6, 6.07) is 11.3. The summed E-state index contributed by atoms with van der Waals surface area (Å²) in [4.78, 5) is 30.2. The molecule has 14 heteroatoms. The van der Waals surface area contributed by atoms with Crippen molar-refractivity contribution in [2.45, 2.75) is 47.2 Å². The number of aromatic amines is 1. The summed E-state index contributed by atoms with van der Waals surface area (Å²) in [6.45, 7) is -1.21. The highest BCUT2D eigenvalue weighted by atomic mass is 32.2. The molecule has 6 rings (SSSR count). The third-order valence-electron chi connectivity index (χ3n) is 6.58. The lowest BCUT2D eigenvalue weighted by molar-refractivity contribution is -0.142. The predicted molar refractivity (Wildman–Crippen MR) is 139 cm³/mol. The normalized spacial score (nSPS) is 18.9. The fraction of sp³-hybridized carbons (Fsp3) is 0.320. The Morgan fingerprint density at radius 2 is 2.00 bits per heavy atom. The molecule has 1 saturated heterocycles. The lowest BCUT2D eigenvalue weighted by Crippen LogP contribution is -2.41. The summed E-state index contributed by atoms with van der Waals surface area (Å²) in [6.07, 6.45) is 3.36. The molecule has 0 bridgehead atoms. The van der Waals surface area contributed by atoms with E-state index in [4.69, 9.17) is 0 Å². The maximum Gasteiger partial charge on any atom is 0.321 e. The summed E-state index contributed by atoms with van der Waals surface area (Å²) < 4.78 is 29.1. The third-order valence-corrected chi connectivity index (χ3v) is 7.44. The van der Waals surface area contributed by atoms with Gasteiger partial charge >= 0.3 is 5.97 Å². The lowest BCUT2D eigenvalue weighted by Gasteiger charge is -2.19. The van der Waals surface area contributed by atoms with Gasteiger partial charge in [-0.2, -0.15) is 5.10 Å². The highest BCUT2D eigenvalue weighted by molar-refractivity contribution is 7.99. The van der Waals surface area contributed by atoms with Crippen LogP contribution in [0.3, 0.4) is 0 Å². The molecule has 0 radical (unpaired) electrons. The number of anilines is 3. The molecular formula is C25H24F2N8O3S. The number of fused-ring (bicyclic) bond motifs is 1. The van der Waals surface area contributed by atoms with Gasteiger partial charge in [0.15, 0.2) is 11.6 Å². The first-order chi connectivity index (χ1) is 18.7. The second-order valence-corrected chi connectivity index (χ2v) is 10.7. The van der Waals surface area contributed by atoms with E-state index in [0.717, 1.165) is 21.0 Å². The van der Waals surface area contributed by atoms with E-state index >= 15 is 0 Å². The highest BCUT2D eigenvalue weighted by Gasteiger charge is 2.48. The van der Waals surface area contributed by atoms with Gasteiger partial charge in [0.1, 0.15) is 11.6 Å². The predicted octanol–water partition coefficient (Wildman–Crippen LogP) is 3.96. The fourth-order valence-electron chi connectivity index (χ4n) is 4.57. The smallest absolute Gasteiger partial charge is 0.321 e. The summed E-state index contributed by atoms with van der Waals surface area (Å²) >= 11 is 1.33. The van der Waals surface area contributed by atoms with E-state index in [0.29, 0.717) is 28.4 Å². The van der Waals surface area contributed by atoms with Crippen LogP contribution in [0.4, 0.5) is 26.1 Å². The number of alkyl halides is 2. The first kappa shape index (κ1) is 25.2. The number of aromatic nitrogens is 5. The van der Waals surface area contributed by atoms with Crippen molar-refractivity contribution in [1.29, 1.82) is 0 Å². The maximum atomic E-state index is 13.7. The van der Waals surface area contributed by atoms with Gasteiger partial charge in [-0.05, 0) is 61.0 Å². The molecule has 1 amide bonds. The van der Waals surface area contributed by atoms with Gasteiger partial charge in [0.25, 0.3) is 5.92 Å². The van der Waals surface area contributed by atoms with E-state index in [1.165, 1.54) is 24.6 Å². The van der Waals surface area contributed by atoms with Crippen LogP contribution in [0.1, 0.15) is 30.9 Å². The van der Waals surface area contributed by atoms with Gasteiger partial charge in [-0.3, -0.25) is 19.6 Å². The molecule has 0 spiro atoms. The van der Waals surface area contributed by atoms with Crippen molar-refractivity contribution in [3.05, 3.63) is 54.4 Å². The number of nitrogens with zero attached hydrogens (tertiary/aromatic N) is 5. The van der Waals surface area contributed by atoms with Crippen LogP contribution < -0.4 is 10.6 Å². The van der Waals surface area contributed by atoms with Gasteiger partial charge < -0.3 is 15.7 Å². The zero-order valence-electron chi connectivity index (χ0n) is 20.5. The van der Waals surface area contributed by atoms with E-state index in [-0.39, 0.29) is 0 Å². The number of rotatable bonds is 9. The molecular weight excluding hydrogens is 530 g/mol. The Balaban J connectivity index is 1.11. The van der Waals surface area contributed by atoms with Crippen LogP contribution in [-0.4, -0.2) is 71.7 Å². The average molecular weight is 555 g/mol. The molecule has 11 nitrogen and oxygen atoms in total. The summed E-state index contributed by atoms with van der Waals surface area (Å²) in [5.74, 6) is -3.23. The minimum absolute atomic E-state index is 0.443. The van der Waals surface area contributed by atoms with Crippen molar-refractivity contribution < 1.29 is 23.5 Å². The number of halogens is 2. The van der Waals surface area contributed by atoms with Crippen molar-refractivity contribution in [3.63, 3.8) is 0 Å². The topological polar surface area (TPSA) is 141 Å². The molecule has 2 fully saturated rings. The molecule has 4 heterocycles. The van der Waals surface area contributed by atoms with Gasteiger partial charge in [-0.15, -0.1) is 5.10 Å². The molecule has 0 unspecified atom stereocenters. The number of likely N-dealkylation sites (tertiary alicyclic amines) is 1. The van der Waals surface area contributed by atoms with Crippen LogP contribution in [0.5, 0.6) is 0 Å². The molecule has 1 saturated carbocycles. The number of aliphatic carboxylic acids is 1. The number of hydrogen-bond acceptors (Lipinski definition) is 8. The maximum absolute atomic E-state index is 13.7. The SMILES string of the molecule is O=C(CN1CC(F)(F)C[C@H]1C(=O)O)Nc1ccc(Sc2nc(Nc3cc(C4CC4)[nH]n3)c3cccn3n2)cc1. The molecule has 202 valence electrons. The van der Waals surface area contributed by atoms with Gasteiger partial charge in [0, 0.05) is 40.9 Å². The van der Waals surface area contributed by atoms with E-state index in [2.05, 4.69) is 30.9 Å². The fourth-order valence-corrected chi connectivity index (χ4v) is 5.31. The largest absolute Gasteiger partial charge is 0.480 e. The third kappa shape index (κ3) is 5.71. The highest BCUT2D eigenvalue weighted by Crippen LogP contribution is 2.40. The number of carbonyl (C=O) groups excluding carboxylic acids is 1. The average Bonchev–Trinajstić information content (AvgIpc) is 3.28. The Hall–Kier alpha value is -4.04. The van der Waals surface area contributed by atoms with Crippen LogP contribution in [0.25, 0.3) is 5.52 Å². The summed E-state index contributed by atoms with van der Waals surface area (Å²) in [5, 5.41) is 27.6. The number of benzene rings is 1. The van der Waals surface area contributed by atoms with Crippen LogP contribution >= 0.6 is 11.8 Å². The van der Waals surface area contributed by atoms with Gasteiger partial charge in [-0.25, -0.2) is 18.3 Å². The van der Waals surface area contributed by atoms with Crippen molar-refractivity contribution in [2.75, 3.05) is 23.7 Å². The Bertz CT molecular complexity index is 1540. The van der Waals surface area contributed by atoms with E-state index in [1.807, 2.05) is 24.4 Å². The number of amides is 1. The molecule has 1 atom stereocenters. The van der Waals surface area contributed by atoms with E-state index < -0.39 is 43.4 Å². The Labute approximate surface area is 225 Å². The minimum atomic E-state index is -3.14. The second kappa shape index (κ2) is 9.93. The molecule has 39 heavy (non-hydrogen) atoms. The number of carboxylic acid groups (broad SMARTS) is 1. The Morgan fingerprint density at radius 1 is 1.21 bits per heavy atom. The second-order valence-electron chi connectivity index (χ2n) is 9.68. The van der Waals surface area contributed by atoms with Crippen molar-refractivity contribution in [2.24, 2.45) is 0 Å². The summed E-state index contributed by atoms with van der Waals surface area (Å²) in [5.41, 5.74) is 2.37. The number of nitrogens with one attached hydrogen (secondary N) is 3. The number of hydrogen-bond donors (Lipinski definition) is 4. The number of carboxylic acids is 1. The van der Waals surface area contributed by atoms with Crippen LogP contribution in [-0.2, 0) is 9.59 Å². The first-order valence-electron chi connectivity index (χ1n) is 12.3. The number of carbonyl (C=O) groups is 2. The monoisotopic (exact) mass is 554 g/mol. The number of H-pyrrole nitrogens is 1. The molecule has 1 aliphatic heterocycles. The molecule has 4 aromatic rings. The molecule has 3 aromatic heterocycles. The van der Waals surface area contributed by atoms with Gasteiger partial charge in [-0.1, -0.05) is 0 Å². The van der Waals surface area contributed by atoms with E-state index in [1.54, 1.807) is 28.8 Å². The van der Waals surface area contributed by atoms with Crippen molar-refractivity contribution in [3.8, 4) is 0 Å². The van der Waals surface area contributed by atoms with E-state index in [9.17, 15) is 23.5 Å². The van der Waals surface area contributed by atoms with Crippen LogP contribution in [0.15, 0.2) is 58.7 Å². The Morgan fingerprint density at radius 3 is 2.74 bits per heavy atom.